The normalized spacial score (nSPS) is 29.8. The van der Waals surface area contributed by atoms with Gasteiger partial charge in [0.05, 0.1) is 17.5 Å². The van der Waals surface area contributed by atoms with Crippen molar-refractivity contribution in [1.82, 2.24) is 4.72 Å². The maximum atomic E-state index is 13.7. The van der Waals surface area contributed by atoms with Crippen LogP contribution in [0.3, 0.4) is 0 Å². The van der Waals surface area contributed by atoms with Crippen molar-refractivity contribution >= 4 is 33.2 Å². The van der Waals surface area contributed by atoms with Gasteiger partial charge in [-0.3, -0.25) is 4.79 Å². The van der Waals surface area contributed by atoms with E-state index in [1.54, 1.807) is 6.07 Å². The molecule has 0 aromatic heterocycles. The zero-order chi connectivity index (χ0) is 32.2. The molecule has 0 saturated carbocycles. The number of hydrogen-bond donors (Lipinski definition) is 1. The van der Waals surface area contributed by atoms with Gasteiger partial charge in [-0.25, -0.2) is 13.1 Å². The number of sulfonamides is 1. The number of unbranched alkanes of at least 4 members (excludes halogenated alkanes) is 1. The first-order chi connectivity index (χ1) is 21.5. The number of anilines is 1. The molecule has 5 rings (SSSR count). The summed E-state index contributed by atoms with van der Waals surface area (Å²) in [4.78, 5) is 16.0. The second kappa shape index (κ2) is 14.5. The number of allylic oxidation sites excluding steroid dienone is 2. The molecule has 0 saturated heterocycles. The van der Waals surface area contributed by atoms with Crippen LogP contribution in [-0.4, -0.2) is 39.3 Å². The van der Waals surface area contributed by atoms with E-state index in [4.69, 9.17) is 16.3 Å². The quantitative estimate of drug-likeness (QED) is 0.336. The molecule has 1 amide bonds. The number of rotatable bonds is 3. The summed E-state index contributed by atoms with van der Waals surface area (Å²) in [6.07, 6.45) is 13.6. The summed E-state index contributed by atoms with van der Waals surface area (Å²) < 4.78 is 36.5. The van der Waals surface area contributed by atoms with E-state index in [1.807, 2.05) is 25.1 Å². The van der Waals surface area contributed by atoms with Gasteiger partial charge in [0.15, 0.2) is 0 Å². The highest BCUT2D eigenvalue weighted by atomic mass is 35.5. The van der Waals surface area contributed by atoms with Crippen LogP contribution in [0, 0.1) is 17.8 Å². The number of nitrogens with one attached hydrogen (secondary N) is 1. The smallest absolute Gasteiger partial charge is 0.264 e. The number of carbonyl (C=O) groups excluding carboxylic acids is 1. The van der Waals surface area contributed by atoms with Gasteiger partial charge in [-0.1, -0.05) is 83.2 Å². The Labute approximate surface area is 276 Å². The van der Waals surface area contributed by atoms with Gasteiger partial charge in [0.25, 0.3) is 5.91 Å². The van der Waals surface area contributed by atoms with Crippen LogP contribution in [0.2, 0.25) is 5.02 Å². The van der Waals surface area contributed by atoms with Crippen molar-refractivity contribution in [2.45, 2.75) is 103 Å². The van der Waals surface area contributed by atoms with E-state index in [1.165, 1.54) is 11.1 Å². The third-order valence-electron chi connectivity index (χ3n) is 10.6. The Bertz CT molecular complexity index is 1490. The Hall–Kier alpha value is -2.51. The van der Waals surface area contributed by atoms with Crippen molar-refractivity contribution < 1.29 is 17.9 Å². The molecule has 2 aromatic rings. The Kier molecular flexibility index (Phi) is 10.9. The molecule has 6 nitrogen and oxygen atoms in total. The number of halogens is 1. The van der Waals surface area contributed by atoms with Crippen molar-refractivity contribution in [3.8, 4) is 5.75 Å². The van der Waals surface area contributed by atoms with Gasteiger partial charge in [0.1, 0.15) is 5.75 Å². The molecule has 2 bridgehead atoms. The van der Waals surface area contributed by atoms with E-state index in [9.17, 15) is 13.2 Å². The zero-order valence-electron chi connectivity index (χ0n) is 27.5. The van der Waals surface area contributed by atoms with Crippen LogP contribution in [0.5, 0.6) is 5.75 Å². The van der Waals surface area contributed by atoms with Crippen LogP contribution in [0.25, 0.3) is 0 Å². The van der Waals surface area contributed by atoms with Crippen molar-refractivity contribution in [1.29, 1.82) is 0 Å². The van der Waals surface area contributed by atoms with Crippen LogP contribution in [0.1, 0.15) is 107 Å². The van der Waals surface area contributed by atoms with Gasteiger partial charge in [-0.15, -0.1) is 0 Å². The van der Waals surface area contributed by atoms with Gasteiger partial charge >= 0.3 is 0 Å². The summed E-state index contributed by atoms with van der Waals surface area (Å²) >= 11 is 6.41. The predicted molar refractivity (Wildman–Crippen MR) is 185 cm³/mol. The van der Waals surface area contributed by atoms with E-state index in [-0.39, 0.29) is 11.3 Å². The molecule has 2 heterocycles. The summed E-state index contributed by atoms with van der Waals surface area (Å²) in [7, 11) is -3.90. The maximum absolute atomic E-state index is 13.7. The molecule has 8 heteroatoms. The Morgan fingerprint density at radius 3 is 2.69 bits per heavy atom. The van der Waals surface area contributed by atoms with E-state index >= 15 is 0 Å². The van der Waals surface area contributed by atoms with Gasteiger partial charge in [-0.05, 0) is 97.7 Å². The lowest BCUT2D eigenvalue weighted by Gasteiger charge is -2.41. The van der Waals surface area contributed by atoms with E-state index in [0.717, 1.165) is 80.9 Å². The summed E-state index contributed by atoms with van der Waals surface area (Å²) in [6.45, 7) is 10.8. The zero-order valence-corrected chi connectivity index (χ0v) is 29.1. The molecule has 3 aliphatic rings. The number of nitrogens with zero attached hydrogens (tertiary/aromatic N) is 1. The van der Waals surface area contributed by atoms with Crippen molar-refractivity contribution in [2.75, 3.05) is 24.6 Å². The average molecular weight is 655 g/mol. The van der Waals surface area contributed by atoms with Gasteiger partial charge in [-0.2, -0.15) is 0 Å². The van der Waals surface area contributed by atoms with Gasteiger partial charge < -0.3 is 9.64 Å². The summed E-state index contributed by atoms with van der Waals surface area (Å²) in [5, 5.41) is 0.119. The first kappa shape index (κ1) is 33.8. The van der Waals surface area contributed by atoms with Crippen LogP contribution in [0.15, 0.2) is 48.6 Å². The molecular weight excluding hydrogens is 604 g/mol. The lowest BCUT2D eigenvalue weighted by atomic mass is 9.70. The largest absolute Gasteiger partial charge is 0.490 e. The van der Waals surface area contributed by atoms with Crippen molar-refractivity contribution in [2.24, 2.45) is 17.8 Å². The Morgan fingerprint density at radius 2 is 1.89 bits per heavy atom. The van der Waals surface area contributed by atoms with Crippen molar-refractivity contribution in [3.63, 3.8) is 0 Å². The molecule has 246 valence electrons. The highest BCUT2D eigenvalue weighted by Gasteiger charge is 2.42. The molecule has 0 fully saturated rings. The predicted octanol–water partition coefficient (Wildman–Crippen LogP) is 8.47. The highest BCUT2D eigenvalue weighted by molar-refractivity contribution is 7.90. The summed E-state index contributed by atoms with van der Waals surface area (Å²) in [5.74, 6) is 0.984. The molecule has 2 aromatic carbocycles. The number of ether oxygens (including phenoxy) is 1. The first-order valence-corrected chi connectivity index (χ1v) is 19.0. The number of aryl methyl sites for hydroxylation is 1. The van der Waals surface area contributed by atoms with E-state index < -0.39 is 21.2 Å². The second-order valence-corrected chi connectivity index (χ2v) is 16.3. The fraction of sp³-hybridized carbons (Fsp3) is 0.595. The molecule has 5 atom stereocenters. The minimum atomic E-state index is -3.90. The Morgan fingerprint density at radius 1 is 1.07 bits per heavy atom. The van der Waals surface area contributed by atoms with Gasteiger partial charge in [0, 0.05) is 29.1 Å². The van der Waals surface area contributed by atoms with E-state index in [0.29, 0.717) is 36.8 Å². The monoisotopic (exact) mass is 654 g/mol. The lowest BCUT2D eigenvalue weighted by Crippen LogP contribution is -2.46. The summed E-state index contributed by atoms with van der Waals surface area (Å²) in [5.41, 5.74) is 3.59. The fourth-order valence-corrected chi connectivity index (χ4v) is 9.51. The number of amides is 1. The number of fused-ring (bicyclic) bond motifs is 3. The number of hydrogen-bond acceptors (Lipinski definition) is 5. The standard InChI is InChI=1S/C37H51ClN2O4S/c1-5-6-15-35-28(4)13-9-12-27(3)26(2)11-7-8-21-40-24-37(20-10-14-29-22-31(38)17-18-32(29)37)25-44-34-19-16-30(23-33(34)40)36(41)39-45(35,42)43/h9,12,16-19,22-23,26-28,35H,5-8,10-11,13-15,20-21,24-25H2,1-4H3,(H,39,41)/b12-9+/t26?,27?,28-,35?,37+/m1/s1. The molecule has 2 aliphatic heterocycles. The second-order valence-electron chi connectivity index (χ2n) is 14.0. The van der Waals surface area contributed by atoms with E-state index in [2.05, 4.69) is 54.7 Å². The van der Waals surface area contributed by atoms with Crippen LogP contribution in [0.4, 0.5) is 5.69 Å². The minimum Gasteiger partial charge on any atom is -0.490 e. The Balaban J connectivity index is 1.52. The molecule has 3 unspecified atom stereocenters. The number of benzene rings is 2. The van der Waals surface area contributed by atoms with Crippen LogP contribution in [-0.2, 0) is 21.9 Å². The summed E-state index contributed by atoms with van der Waals surface area (Å²) in [6, 6.07) is 11.6. The molecule has 1 aliphatic carbocycles. The SMILES string of the molecule is CCCCC1[C@H](C)C/C=C/C(C)C(C)CCCCN2C[C@@]3(CCCc4cc(Cl)ccc43)COc3ccc(cc32)C(=O)NS1(=O)=O. The third kappa shape index (κ3) is 7.73. The molecular formula is C37H51ClN2O4S. The fourth-order valence-electron chi connectivity index (χ4n) is 7.59. The first-order valence-electron chi connectivity index (χ1n) is 17.1. The molecule has 1 spiro atoms. The lowest BCUT2D eigenvalue weighted by molar-refractivity contribution is 0.0980. The van der Waals surface area contributed by atoms with Crippen LogP contribution < -0.4 is 14.4 Å². The minimum absolute atomic E-state index is 0.111. The molecule has 45 heavy (non-hydrogen) atoms. The highest BCUT2D eigenvalue weighted by Crippen LogP contribution is 2.44. The topological polar surface area (TPSA) is 75.7 Å². The molecule has 1 N–H and O–H groups in total. The molecule has 0 radical (unpaired) electrons. The average Bonchev–Trinajstić information content (AvgIpc) is 3.15. The van der Waals surface area contributed by atoms with Crippen molar-refractivity contribution in [3.05, 3.63) is 70.3 Å². The number of carbonyl (C=O) groups is 1. The third-order valence-corrected chi connectivity index (χ3v) is 12.8. The van der Waals surface area contributed by atoms with Gasteiger partial charge in [0.2, 0.25) is 10.0 Å². The maximum Gasteiger partial charge on any atom is 0.264 e. The van der Waals surface area contributed by atoms with Crippen LogP contribution >= 0.6 is 11.6 Å².